The molecule has 1 aliphatic rings. The molecule has 1 saturated carbocycles. The molecule has 19 heavy (non-hydrogen) atoms. The molecule has 106 valence electrons. The highest BCUT2D eigenvalue weighted by molar-refractivity contribution is 7.89. The van der Waals surface area contributed by atoms with Crippen molar-refractivity contribution in [2.45, 2.75) is 23.9 Å². The Morgan fingerprint density at radius 3 is 2.42 bits per heavy atom. The standard InChI is InChI=1S/C11H13F3N2O2S/c12-11(13,14)9-5-8(16-6-7-1-2-7)3-4-10(9)19(15,17)18/h3-5,7,16H,1-2,6H2,(H2,15,17,18). The molecule has 8 heteroatoms. The summed E-state index contributed by atoms with van der Waals surface area (Å²) in [5, 5.41) is 7.65. The number of primary sulfonamides is 1. The quantitative estimate of drug-likeness (QED) is 0.894. The van der Waals surface area contributed by atoms with Gasteiger partial charge in [0.1, 0.15) is 0 Å². The van der Waals surface area contributed by atoms with Crippen molar-refractivity contribution >= 4 is 15.7 Å². The number of sulfonamides is 1. The summed E-state index contributed by atoms with van der Waals surface area (Å²) in [5.74, 6) is 0.493. The van der Waals surface area contributed by atoms with Crippen LogP contribution in [0.2, 0.25) is 0 Å². The van der Waals surface area contributed by atoms with Crippen LogP contribution in [-0.4, -0.2) is 15.0 Å². The van der Waals surface area contributed by atoms with E-state index >= 15 is 0 Å². The monoisotopic (exact) mass is 294 g/mol. The fourth-order valence-electron chi connectivity index (χ4n) is 1.69. The molecule has 0 spiro atoms. The molecule has 0 aliphatic heterocycles. The number of alkyl halides is 3. The number of rotatable bonds is 4. The Balaban J connectivity index is 2.35. The smallest absolute Gasteiger partial charge is 0.385 e. The fraction of sp³-hybridized carbons (Fsp3) is 0.455. The van der Waals surface area contributed by atoms with Crippen molar-refractivity contribution in [3.63, 3.8) is 0 Å². The van der Waals surface area contributed by atoms with Crippen molar-refractivity contribution in [1.29, 1.82) is 0 Å². The average molecular weight is 294 g/mol. The van der Waals surface area contributed by atoms with Crippen LogP contribution in [-0.2, 0) is 16.2 Å². The van der Waals surface area contributed by atoms with Gasteiger partial charge in [-0.1, -0.05) is 0 Å². The molecular weight excluding hydrogens is 281 g/mol. The van der Waals surface area contributed by atoms with Crippen molar-refractivity contribution in [2.75, 3.05) is 11.9 Å². The van der Waals surface area contributed by atoms with Gasteiger partial charge in [0.15, 0.2) is 0 Å². The third-order valence-electron chi connectivity index (χ3n) is 2.88. The molecule has 1 aromatic carbocycles. The third kappa shape index (κ3) is 3.60. The maximum Gasteiger partial charge on any atom is 0.417 e. The van der Waals surface area contributed by atoms with E-state index in [1.165, 1.54) is 6.07 Å². The van der Waals surface area contributed by atoms with Crippen LogP contribution in [0, 0.1) is 5.92 Å². The molecule has 3 N–H and O–H groups in total. The summed E-state index contributed by atoms with van der Waals surface area (Å²) in [6.45, 7) is 0.589. The van der Waals surface area contributed by atoms with Crippen molar-refractivity contribution in [2.24, 2.45) is 11.1 Å². The molecule has 0 saturated heterocycles. The molecule has 0 unspecified atom stereocenters. The summed E-state index contributed by atoms with van der Waals surface area (Å²) in [4.78, 5) is -0.906. The lowest BCUT2D eigenvalue weighted by atomic mass is 10.2. The zero-order valence-electron chi connectivity index (χ0n) is 9.87. The van der Waals surface area contributed by atoms with E-state index in [2.05, 4.69) is 5.32 Å². The van der Waals surface area contributed by atoms with Crippen LogP contribution < -0.4 is 10.5 Å². The Morgan fingerprint density at radius 2 is 1.95 bits per heavy atom. The van der Waals surface area contributed by atoms with E-state index in [1.54, 1.807) is 0 Å². The SMILES string of the molecule is NS(=O)(=O)c1ccc(NCC2CC2)cc1C(F)(F)F. The minimum absolute atomic E-state index is 0.242. The molecule has 0 radical (unpaired) electrons. The van der Waals surface area contributed by atoms with Gasteiger partial charge in [0.2, 0.25) is 10.0 Å². The second kappa shape index (κ2) is 4.68. The number of benzene rings is 1. The number of anilines is 1. The maximum absolute atomic E-state index is 12.8. The largest absolute Gasteiger partial charge is 0.417 e. The maximum atomic E-state index is 12.8. The first kappa shape index (κ1) is 14.1. The van der Waals surface area contributed by atoms with E-state index in [0.29, 0.717) is 12.5 Å². The summed E-state index contributed by atoms with van der Waals surface area (Å²) >= 11 is 0. The Morgan fingerprint density at radius 1 is 1.32 bits per heavy atom. The van der Waals surface area contributed by atoms with E-state index < -0.39 is 26.7 Å². The van der Waals surface area contributed by atoms with Crippen molar-refractivity contribution < 1.29 is 21.6 Å². The van der Waals surface area contributed by atoms with Crippen LogP contribution in [0.5, 0.6) is 0 Å². The first-order valence-electron chi connectivity index (χ1n) is 5.66. The fourth-order valence-corrected chi connectivity index (χ4v) is 2.43. The summed E-state index contributed by atoms with van der Waals surface area (Å²) in [7, 11) is -4.40. The van der Waals surface area contributed by atoms with Crippen LogP contribution in [0.3, 0.4) is 0 Å². The van der Waals surface area contributed by atoms with Crippen LogP contribution in [0.4, 0.5) is 18.9 Å². The molecule has 0 bridgehead atoms. The van der Waals surface area contributed by atoms with Gasteiger partial charge < -0.3 is 5.32 Å². The number of hydrogen-bond donors (Lipinski definition) is 2. The normalized spacial score (nSPS) is 16.4. The highest BCUT2D eigenvalue weighted by Crippen LogP contribution is 2.36. The molecular formula is C11H13F3N2O2S. The van der Waals surface area contributed by atoms with E-state index in [1.807, 2.05) is 0 Å². The lowest BCUT2D eigenvalue weighted by Crippen LogP contribution is -2.19. The summed E-state index contributed by atoms with van der Waals surface area (Å²) < 4.78 is 60.8. The van der Waals surface area contributed by atoms with Crippen LogP contribution >= 0.6 is 0 Å². The number of nitrogens with one attached hydrogen (secondary N) is 1. The van der Waals surface area contributed by atoms with Crippen LogP contribution in [0.25, 0.3) is 0 Å². The lowest BCUT2D eigenvalue weighted by molar-refractivity contribution is -0.139. The summed E-state index contributed by atoms with van der Waals surface area (Å²) in [6.07, 6.45) is -2.64. The molecule has 2 rings (SSSR count). The molecule has 0 heterocycles. The van der Waals surface area contributed by atoms with Crippen LogP contribution in [0.1, 0.15) is 18.4 Å². The van der Waals surface area contributed by atoms with Gasteiger partial charge in [0, 0.05) is 12.2 Å². The van der Waals surface area contributed by atoms with Gasteiger partial charge in [-0.05, 0) is 37.0 Å². The minimum atomic E-state index is -4.76. The van der Waals surface area contributed by atoms with Gasteiger partial charge >= 0.3 is 6.18 Å². The summed E-state index contributed by atoms with van der Waals surface area (Å²) in [6, 6.07) is 2.95. The predicted molar refractivity (Wildman–Crippen MR) is 64.0 cm³/mol. The van der Waals surface area contributed by atoms with Gasteiger partial charge in [0.05, 0.1) is 10.5 Å². The van der Waals surface area contributed by atoms with Gasteiger partial charge in [0.25, 0.3) is 0 Å². The first-order chi connectivity index (χ1) is 8.68. The van der Waals surface area contributed by atoms with E-state index in [-0.39, 0.29) is 5.69 Å². The second-order valence-corrected chi connectivity index (χ2v) is 6.11. The van der Waals surface area contributed by atoms with Gasteiger partial charge in [-0.25, -0.2) is 13.6 Å². The minimum Gasteiger partial charge on any atom is -0.385 e. The number of halogens is 3. The van der Waals surface area contributed by atoms with Gasteiger partial charge in [-0.2, -0.15) is 13.2 Å². The predicted octanol–water partition coefficient (Wildman–Crippen LogP) is 2.17. The molecule has 0 aromatic heterocycles. The number of hydrogen-bond acceptors (Lipinski definition) is 3. The first-order valence-corrected chi connectivity index (χ1v) is 7.20. The van der Waals surface area contributed by atoms with Crippen molar-refractivity contribution in [3.05, 3.63) is 23.8 Å². The zero-order valence-corrected chi connectivity index (χ0v) is 10.7. The lowest BCUT2D eigenvalue weighted by Gasteiger charge is -2.14. The molecule has 1 fully saturated rings. The highest BCUT2D eigenvalue weighted by atomic mass is 32.2. The Kier molecular flexibility index (Phi) is 3.48. The molecule has 4 nitrogen and oxygen atoms in total. The zero-order chi connectivity index (χ0) is 14.3. The molecule has 1 aliphatic carbocycles. The summed E-state index contributed by atoms with van der Waals surface area (Å²) in [5.41, 5.74) is -0.998. The second-order valence-electron chi connectivity index (χ2n) is 4.58. The Hall–Kier alpha value is -1.28. The highest BCUT2D eigenvalue weighted by Gasteiger charge is 2.36. The molecule has 0 amide bonds. The Labute approximate surface area is 108 Å². The van der Waals surface area contributed by atoms with E-state index in [9.17, 15) is 21.6 Å². The van der Waals surface area contributed by atoms with Gasteiger partial charge in [-0.3, -0.25) is 0 Å². The van der Waals surface area contributed by atoms with E-state index in [4.69, 9.17) is 5.14 Å². The average Bonchev–Trinajstić information content (AvgIpc) is 3.07. The number of nitrogens with two attached hydrogens (primary N) is 1. The van der Waals surface area contributed by atoms with Crippen molar-refractivity contribution in [1.82, 2.24) is 0 Å². The third-order valence-corrected chi connectivity index (χ3v) is 3.85. The van der Waals surface area contributed by atoms with E-state index in [0.717, 1.165) is 25.0 Å². The van der Waals surface area contributed by atoms with Crippen molar-refractivity contribution in [3.8, 4) is 0 Å². The molecule has 1 aromatic rings. The van der Waals surface area contributed by atoms with Gasteiger partial charge in [-0.15, -0.1) is 0 Å². The molecule has 0 atom stereocenters. The van der Waals surface area contributed by atoms with Crippen LogP contribution in [0.15, 0.2) is 23.1 Å². The topological polar surface area (TPSA) is 72.2 Å². The Bertz CT molecular complexity index is 580.